The first-order valence-electron chi connectivity index (χ1n) is 7.16. The molecule has 0 bridgehead atoms. The van der Waals surface area contributed by atoms with Gasteiger partial charge in [-0.25, -0.2) is 8.42 Å². The Morgan fingerprint density at radius 1 is 1.35 bits per heavy atom. The quantitative estimate of drug-likeness (QED) is 0.808. The van der Waals surface area contributed by atoms with Gasteiger partial charge in [0, 0.05) is 13.1 Å². The Bertz CT molecular complexity index is 548. The fraction of sp³-hybridized carbons (Fsp3) is 0.600. The van der Waals surface area contributed by atoms with Crippen LogP contribution in [-0.4, -0.2) is 44.3 Å². The van der Waals surface area contributed by atoms with E-state index in [1.807, 2.05) is 6.07 Å². The molecule has 0 spiro atoms. The van der Waals surface area contributed by atoms with Crippen molar-refractivity contribution in [3.05, 3.63) is 24.3 Å². The second-order valence-electron chi connectivity index (χ2n) is 5.57. The van der Waals surface area contributed by atoms with Gasteiger partial charge in [-0.05, 0) is 45.0 Å². The summed E-state index contributed by atoms with van der Waals surface area (Å²) in [6, 6.07) is 6.83. The van der Waals surface area contributed by atoms with E-state index in [1.165, 1.54) is 0 Å². The van der Waals surface area contributed by atoms with Crippen molar-refractivity contribution in [1.82, 2.24) is 4.90 Å². The van der Waals surface area contributed by atoms with Gasteiger partial charge in [0.1, 0.15) is 11.9 Å². The van der Waals surface area contributed by atoms with Crippen molar-refractivity contribution in [1.29, 1.82) is 0 Å². The molecule has 1 aliphatic rings. The number of rotatable bonds is 6. The fourth-order valence-corrected chi connectivity index (χ4v) is 3.38. The summed E-state index contributed by atoms with van der Waals surface area (Å²) in [4.78, 5) is 2.68. The lowest BCUT2D eigenvalue weighted by Crippen LogP contribution is -2.53. The van der Waals surface area contributed by atoms with Crippen LogP contribution in [0.1, 0.15) is 27.2 Å². The van der Waals surface area contributed by atoms with Gasteiger partial charge in [-0.2, -0.15) is 0 Å². The topological polar surface area (TPSA) is 46.6 Å². The predicted molar refractivity (Wildman–Crippen MR) is 79.9 cm³/mol. The van der Waals surface area contributed by atoms with E-state index in [2.05, 4.69) is 11.8 Å². The molecular weight excluding hydrogens is 274 g/mol. The molecule has 20 heavy (non-hydrogen) atoms. The second-order valence-corrected chi connectivity index (χ2v) is 8.07. The Labute approximate surface area is 121 Å². The summed E-state index contributed by atoms with van der Waals surface area (Å²) in [5.74, 6) is 0.646. The third kappa shape index (κ3) is 3.33. The molecule has 1 fully saturated rings. The lowest BCUT2D eigenvalue weighted by molar-refractivity contribution is 0.0201. The SMILES string of the molecule is CCCN1CC(Oc2cccc(S(=O)(=O)C(C)C)c2)C1. The van der Waals surface area contributed by atoms with E-state index in [0.717, 1.165) is 26.1 Å². The van der Waals surface area contributed by atoms with Crippen LogP contribution in [0.2, 0.25) is 0 Å². The highest BCUT2D eigenvalue weighted by atomic mass is 32.2. The third-order valence-corrected chi connectivity index (χ3v) is 5.67. The molecule has 1 saturated heterocycles. The second kappa shape index (κ2) is 6.14. The van der Waals surface area contributed by atoms with Crippen molar-refractivity contribution in [3.8, 4) is 5.75 Å². The molecule has 1 aliphatic heterocycles. The molecule has 4 nitrogen and oxygen atoms in total. The summed E-state index contributed by atoms with van der Waals surface area (Å²) in [6.07, 6.45) is 1.33. The predicted octanol–water partition coefficient (Wildman–Crippen LogP) is 2.34. The van der Waals surface area contributed by atoms with Crippen molar-refractivity contribution in [2.24, 2.45) is 0 Å². The van der Waals surface area contributed by atoms with Crippen LogP contribution in [0, 0.1) is 0 Å². The van der Waals surface area contributed by atoms with Crippen LogP contribution in [0.15, 0.2) is 29.2 Å². The zero-order valence-electron chi connectivity index (χ0n) is 12.4. The molecule has 0 aliphatic carbocycles. The van der Waals surface area contributed by atoms with Gasteiger partial charge < -0.3 is 4.74 Å². The highest BCUT2D eigenvalue weighted by Gasteiger charge is 2.28. The minimum Gasteiger partial charge on any atom is -0.488 e. The molecular formula is C15H23NO3S. The van der Waals surface area contributed by atoms with E-state index >= 15 is 0 Å². The number of sulfone groups is 1. The Kier molecular flexibility index (Phi) is 4.70. The maximum absolute atomic E-state index is 12.1. The van der Waals surface area contributed by atoms with Crippen LogP contribution in [0.4, 0.5) is 0 Å². The normalized spacial score (nSPS) is 17.2. The van der Waals surface area contributed by atoms with Crippen molar-refractivity contribution >= 4 is 9.84 Å². The van der Waals surface area contributed by atoms with E-state index in [4.69, 9.17) is 4.74 Å². The molecule has 0 N–H and O–H groups in total. The summed E-state index contributed by atoms with van der Waals surface area (Å²) in [6.45, 7) is 8.49. The highest BCUT2D eigenvalue weighted by Crippen LogP contribution is 2.23. The average Bonchev–Trinajstić information content (AvgIpc) is 2.36. The van der Waals surface area contributed by atoms with Gasteiger partial charge >= 0.3 is 0 Å². The average molecular weight is 297 g/mol. The number of likely N-dealkylation sites (tertiary alicyclic amines) is 1. The standard InChI is InChI=1S/C15H23NO3S/c1-4-8-16-10-14(11-16)19-13-6-5-7-15(9-13)20(17,18)12(2)3/h5-7,9,12,14H,4,8,10-11H2,1-3H3. The number of ether oxygens (including phenoxy) is 1. The molecule has 0 aromatic heterocycles. The van der Waals surface area contributed by atoms with Crippen molar-refractivity contribution in [3.63, 3.8) is 0 Å². The summed E-state index contributed by atoms with van der Waals surface area (Å²) >= 11 is 0. The Hall–Kier alpha value is -1.07. The van der Waals surface area contributed by atoms with Gasteiger partial charge in [0.15, 0.2) is 9.84 Å². The van der Waals surface area contributed by atoms with Crippen molar-refractivity contribution < 1.29 is 13.2 Å². The van der Waals surface area contributed by atoms with Gasteiger partial charge in [-0.15, -0.1) is 0 Å². The smallest absolute Gasteiger partial charge is 0.180 e. The van der Waals surface area contributed by atoms with Gasteiger partial charge in [-0.1, -0.05) is 13.0 Å². The first kappa shape index (κ1) is 15.3. The molecule has 1 heterocycles. The molecule has 2 rings (SSSR count). The Morgan fingerprint density at radius 3 is 2.65 bits per heavy atom. The largest absolute Gasteiger partial charge is 0.488 e. The summed E-state index contributed by atoms with van der Waals surface area (Å²) in [7, 11) is -3.23. The van der Waals surface area contributed by atoms with Crippen LogP contribution in [0.5, 0.6) is 5.75 Å². The molecule has 1 aromatic rings. The van der Waals surface area contributed by atoms with E-state index in [1.54, 1.807) is 32.0 Å². The maximum atomic E-state index is 12.1. The van der Waals surface area contributed by atoms with E-state index in [-0.39, 0.29) is 6.10 Å². The van der Waals surface area contributed by atoms with E-state index in [9.17, 15) is 8.42 Å². The molecule has 0 atom stereocenters. The summed E-state index contributed by atoms with van der Waals surface area (Å²) in [5.41, 5.74) is 0. The molecule has 112 valence electrons. The summed E-state index contributed by atoms with van der Waals surface area (Å²) < 4.78 is 30.1. The zero-order chi connectivity index (χ0) is 14.8. The van der Waals surface area contributed by atoms with Crippen LogP contribution in [-0.2, 0) is 9.84 Å². The minimum absolute atomic E-state index is 0.179. The molecule has 0 saturated carbocycles. The number of hydrogen-bond donors (Lipinski definition) is 0. The maximum Gasteiger partial charge on any atom is 0.180 e. The molecule has 1 aromatic carbocycles. The molecule has 0 radical (unpaired) electrons. The first-order valence-corrected chi connectivity index (χ1v) is 8.71. The fourth-order valence-electron chi connectivity index (χ4n) is 2.28. The number of benzene rings is 1. The van der Waals surface area contributed by atoms with Gasteiger partial charge in [0.05, 0.1) is 10.1 Å². The lowest BCUT2D eigenvalue weighted by atomic mass is 10.1. The van der Waals surface area contributed by atoms with Crippen LogP contribution >= 0.6 is 0 Å². The van der Waals surface area contributed by atoms with Gasteiger partial charge in [0.25, 0.3) is 0 Å². The lowest BCUT2D eigenvalue weighted by Gasteiger charge is -2.38. The van der Waals surface area contributed by atoms with Crippen LogP contribution < -0.4 is 4.74 Å². The van der Waals surface area contributed by atoms with Gasteiger partial charge in [0.2, 0.25) is 0 Å². The Morgan fingerprint density at radius 2 is 2.05 bits per heavy atom. The minimum atomic E-state index is -3.23. The number of nitrogens with zero attached hydrogens (tertiary/aromatic N) is 1. The van der Waals surface area contributed by atoms with Crippen LogP contribution in [0.3, 0.4) is 0 Å². The molecule has 0 amide bonds. The van der Waals surface area contributed by atoms with Crippen molar-refractivity contribution in [2.45, 2.75) is 43.4 Å². The highest BCUT2D eigenvalue weighted by molar-refractivity contribution is 7.92. The first-order chi connectivity index (χ1) is 9.43. The molecule has 5 heteroatoms. The summed E-state index contributed by atoms with van der Waals surface area (Å²) in [5, 5.41) is -0.415. The monoisotopic (exact) mass is 297 g/mol. The Balaban J connectivity index is 2.01. The van der Waals surface area contributed by atoms with E-state index < -0.39 is 15.1 Å². The third-order valence-electron chi connectivity index (χ3n) is 3.52. The van der Waals surface area contributed by atoms with Crippen LogP contribution in [0.25, 0.3) is 0 Å². The zero-order valence-corrected chi connectivity index (χ0v) is 13.2. The molecule has 0 unspecified atom stereocenters. The number of hydrogen-bond acceptors (Lipinski definition) is 4. The van der Waals surface area contributed by atoms with E-state index in [0.29, 0.717) is 10.6 Å². The van der Waals surface area contributed by atoms with Crippen molar-refractivity contribution in [2.75, 3.05) is 19.6 Å². The van der Waals surface area contributed by atoms with Gasteiger partial charge in [-0.3, -0.25) is 4.90 Å².